The van der Waals surface area contributed by atoms with Gasteiger partial charge in [0.2, 0.25) is 10.0 Å². The Morgan fingerprint density at radius 3 is 2.69 bits per heavy atom. The topological polar surface area (TPSA) is 149 Å². The predicted octanol–water partition coefficient (Wildman–Crippen LogP) is 1.48. The molecule has 0 aliphatic rings. The van der Waals surface area contributed by atoms with Gasteiger partial charge in [-0.2, -0.15) is 10.4 Å². The van der Waals surface area contributed by atoms with E-state index in [1.807, 2.05) is 6.07 Å². The van der Waals surface area contributed by atoms with Crippen LogP contribution in [0.5, 0.6) is 0 Å². The number of halogens is 1. The Labute approximate surface area is 183 Å². The zero-order valence-electron chi connectivity index (χ0n) is 17.5. The molecule has 3 heterocycles. The minimum absolute atomic E-state index is 0.0581. The Hall–Kier alpha value is -3.56. The van der Waals surface area contributed by atoms with Crippen molar-refractivity contribution < 1.29 is 22.7 Å². The maximum atomic E-state index is 14.0. The number of hydrogen-bond donors (Lipinski definition) is 3. The normalized spacial score (nSPS) is 12.9. The van der Waals surface area contributed by atoms with Crippen LogP contribution in [-0.4, -0.2) is 58.6 Å². The summed E-state index contributed by atoms with van der Waals surface area (Å²) in [5, 5.41) is 25.2. The summed E-state index contributed by atoms with van der Waals surface area (Å²) in [5.41, 5.74) is -0.0270. The molecule has 1 atom stereocenters. The molecule has 0 saturated carbocycles. The number of carbonyl (C=O) groups is 1. The average molecular weight is 460 g/mol. The molecular weight excluding hydrogens is 439 g/mol. The second-order valence-electron chi connectivity index (χ2n) is 7.73. The molecule has 1 amide bonds. The molecule has 0 spiro atoms. The first-order valence-electron chi connectivity index (χ1n) is 9.40. The highest BCUT2D eigenvalue weighted by atomic mass is 32.2. The van der Waals surface area contributed by atoms with Crippen LogP contribution in [0.3, 0.4) is 0 Å². The summed E-state index contributed by atoms with van der Waals surface area (Å²) < 4.78 is 41.5. The summed E-state index contributed by atoms with van der Waals surface area (Å²) in [6.07, 6.45) is 1.74. The van der Waals surface area contributed by atoms with E-state index in [1.54, 1.807) is 18.2 Å². The van der Waals surface area contributed by atoms with Crippen molar-refractivity contribution in [2.45, 2.75) is 25.6 Å². The number of sulfonamides is 1. The van der Waals surface area contributed by atoms with E-state index >= 15 is 0 Å². The van der Waals surface area contributed by atoms with E-state index in [9.17, 15) is 22.7 Å². The molecular formula is C20H21FN6O4S. The lowest BCUT2D eigenvalue weighted by Gasteiger charge is -2.22. The number of pyridine rings is 1. The fourth-order valence-corrected chi connectivity index (χ4v) is 3.41. The third-order valence-electron chi connectivity index (χ3n) is 4.54. The number of fused-ring (bicyclic) bond motifs is 1. The van der Waals surface area contributed by atoms with Gasteiger partial charge >= 0.3 is 0 Å². The van der Waals surface area contributed by atoms with Crippen LogP contribution in [0.25, 0.3) is 16.9 Å². The minimum Gasteiger partial charge on any atom is -0.387 e. The monoisotopic (exact) mass is 460 g/mol. The first-order chi connectivity index (χ1) is 14.9. The number of nitrogens with zero attached hydrogens (tertiary/aromatic N) is 4. The maximum absolute atomic E-state index is 14.0. The van der Waals surface area contributed by atoms with Gasteiger partial charge in [-0.3, -0.25) is 14.5 Å². The zero-order valence-corrected chi connectivity index (χ0v) is 18.3. The van der Waals surface area contributed by atoms with Crippen molar-refractivity contribution in [2.24, 2.45) is 0 Å². The van der Waals surface area contributed by atoms with Crippen molar-refractivity contribution in [1.29, 1.82) is 5.26 Å². The van der Waals surface area contributed by atoms with Gasteiger partial charge in [-0.1, -0.05) is 0 Å². The van der Waals surface area contributed by atoms with Crippen molar-refractivity contribution in [2.75, 3.05) is 17.5 Å². The van der Waals surface area contributed by atoms with Crippen LogP contribution in [0.4, 0.5) is 10.1 Å². The van der Waals surface area contributed by atoms with Gasteiger partial charge in [-0.25, -0.2) is 17.3 Å². The molecule has 0 unspecified atom stereocenters. The highest BCUT2D eigenvalue weighted by Crippen LogP contribution is 2.26. The van der Waals surface area contributed by atoms with Gasteiger partial charge in [0.15, 0.2) is 0 Å². The Kier molecular flexibility index (Phi) is 6.16. The van der Waals surface area contributed by atoms with Gasteiger partial charge in [0.05, 0.1) is 58.3 Å². The number of alkyl halides is 1. The molecule has 12 heteroatoms. The number of hydrogen-bond acceptors (Lipinski definition) is 7. The molecule has 32 heavy (non-hydrogen) atoms. The SMILES string of the molecule is CC(C)(O)[C@H](F)CNC(=O)c1cnc(-c2ccc3cc(C#N)cnn23)cc1NS(C)(=O)=O. The summed E-state index contributed by atoms with van der Waals surface area (Å²) in [5.74, 6) is -0.765. The summed E-state index contributed by atoms with van der Waals surface area (Å²) >= 11 is 0. The molecule has 0 aliphatic carbocycles. The second kappa shape index (κ2) is 8.52. The third kappa shape index (κ3) is 5.19. The first-order valence-corrected chi connectivity index (χ1v) is 11.3. The van der Waals surface area contributed by atoms with E-state index in [-0.39, 0.29) is 11.3 Å². The van der Waals surface area contributed by atoms with Crippen LogP contribution in [0, 0.1) is 11.3 Å². The van der Waals surface area contributed by atoms with Crippen LogP contribution < -0.4 is 10.0 Å². The van der Waals surface area contributed by atoms with Gasteiger partial charge in [0.1, 0.15) is 12.2 Å². The number of aliphatic hydroxyl groups is 1. The van der Waals surface area contributed by atoms with E-state index in [0.29, 0.717) is 22.5 Å². The Morgan fingerprint density at radius 2 is 2.06 bits per heavy atom. The molecule has 3 rings (SSSR count). The molecule has 168 valence electrons. The van der Waals surface area contributed by atoms with Gasteiger partial charge in [-0.05, 0) is 38.1 Å². The highest BCUT2D eigenvalue weighted by Gasteiger charge is 2.27. The summed E-state index contributed by atoms with van der Waals surface area (Å²) in [7, 11) is -3.76. The number of aromatic nitrogens is 3. The average Bonchev–Trinajstić information content (AvgIpc) is 3.12. The van der Waals surface area contributed by atoms with Gasteiger partial charge < -0.3 is 10.4 Å². The lowest BCUT2D eigenvalue weighted by molar-refractivity contribution is -0.00177. The molecule has 3 aromatic heterocycles. The maximum Gasteiger partial charge on any atom is 0.255 e. The Balaban J connectivity index is 1.99. The quantitative estimate of drug-likeness (QED) is 0.483. The fraction of sp³-hybridized carbons (Fsp3) is 0.300. The van der Waals surface area contributed by atoms with Gasteiger partial charge in [0.25, 0.3) is 5.91 Å². The largest absolute Gasteiger partial charge is 0.387 e. The van der Waals surface area contributed by atoms with E-state index < -0.39 is 34.2 Å². The van der Waals surface area contributed by atoms with Crippen molar-refractivity contribution in [3.63, 3.8) is 0 Å². The van der Waals surface area contributed by atoms with E-state index in [0.717, 1.165) is 6.26 Å². The number of anilines is 1. The summed E-state index contributed by atoms with van der Waals surface area (Å²) in [6, 6.07) is 8.39. The molecule has 10 nitrogen and oxygen atoms in total. The standard InChI is InChI=1S/C20H21FN6O4S/c1-20(2,29)18(21)11-24-19(28)14-10-23-16(7-15(14)26-32(3,30)31)17-5-4-13-6-12(8-22)9-25-27(13)17/h4-7,9-10,18,29H,11H2,1-3H3,(H,23,26)(H,24,28)/t18-/m1/s1. The van der Waals surface area contributed by atoms with Crippen LogP contribution >= 0.6 is 0 Å². The van der Waals surface area contributed by atoms with Crippen LogP contribution in [0.1, 0.15) is 29.8 Å². The zero-order chi connectivity index (χ0) is 23.7. The second-order valence-corrected chi connectivity index (χ2v) is 9.48. The van der Waals surface area contributed by atoms with Crippen molar-refractivity contribution in [3.05, 3.63) is 47.8 Å². The van der Waals surface area contributed by atoms with Crippen LogP contribution in [0.2, 0.25) is 0 Å². The van der Waals surface area contributed by atoms with Gasteiger partial charge in [0, 0.05) is 6.20 Å². The fourth-order valence-electron chi connectivity index (χ4n) is 2.84. The number of nitrogens with one attached hydrogen (secondary N) is 2. The molecule has 3 N–H and O–H groups in total. The molecule has 3 aromatic rings. The molecule has 0 aliphatic heterocycles. The van der Waals surface area contributed by atoms with Crippen molar-refractivity contribution in [1.82, 2.24) is 19.9 Å². The Bertz CT molecular complexity index is 1320. The van der Waals surface area contributed by atoms with Crippen LogP contribution in [0.15, 0.2) is 36.7 Å². The molecule has 0 fully saturated rings. The van der Waals surface area contributed by atoms with Crippen LogP contribution in [-0.2, 0) is 10.0 Å². The first kappa shape index (κ1) is 23.1. The lowest BCUT2D eigenvalue weighted by atomic mass is 10.0. The molecule has 0 radical (unpaired) electrons. The van der Waals surface area contributed by atoms with Crippen molar-refractivity contribution in [3.8, 4) is 17.5 Å². The Morgan fingerprint density at radius 1 is 1.34 bits per heavy atom. The van der Waals surface area contributed by atoms with E-state index in [2.05, 4.69) is 20.1 Å². The number of amides is 1. The minimum atomic E-state index is -3.76. The highest BCUT2D eigenvalue weighted by molar-refractivity contribution is 7.92. The summed E-state index contributed by atoms with van der Waals surface area (Å²) in [6.45, 7) is 2.06. The molecule has 0 bridgehead atoms. The molecule has 0 saturated heterocycles. The van der Waals surface area contributed by atoms with E-state index in [1.165, 1.54) is 36.8 Å². The smallest absolute Gasteiger partial charge is 0.255 e. The lowest BCUT2D eigenvalue weighted by Crippen LogP contribution is -2.42. The van der Waals surface area contributed by atoms with Crippen molar-refractivity contribution >= 4 is 27.1 Å². The molecule has 0 aromatic carbocycles. The predicted molar refractivity (Wildman–Crippen MR) is 115 cm³/mol. The third-order valence-corrected chi connectivity index (χ3v) is 5.13. The van der Waals surface area contributed by atoms with Gasteiger partial charge in [-0.15, -0.1) is 0 Å². The number of nitriles is 1. The number of rotatable bonds is 7. The summed E-state index contributed by atoms with van der Waals surface area (Å²) in [4.78, 5) is 16.8. The number of carbonyl (C=O) groups excluding carboxylic acids is 1. The van der Waals surface area contributed by atoms with E-state index in [4.69, 9.17) is 5.26 Å².